The summed E-state index contributed by atoms with van der Waals surface area (Å²) >= 11 is 0. The van der Waals surface area contributed by atoms with Crippen LogP contribution >= 0.6 is 13.5 Å². The highest BCUT2D eigenvalue weighted by atomic mass is 32.1. The van der Waals surface area contributed by atoms with E-state index in [0.717, 1.165) is 24.2 Å². The van der Waals surface area contributed by atoms with Crippen LogP contribution in [0.25, 0.3) is 0 Å². The van der Waals surface area contributed by atoms with Crippen molar-refractivity contribution < 1.29 is 14.6 Å². The molecule has 6 N–H and O–H groups in total. The highest BCUT2D eigenvalue weighted by molar-refractivity contribution is 7.59. The highest BCUT2D eigenvalue weighted by Crippen LogP contribution is 2.31. The lowest BCUT2D eigenvalue weighted by Crippen LogP contribution is -2.26. The van der Waals surface area contributed by atoms with Gasteiger partial charge >= 0.3 is 0 Å². The zero-order valence-electron chi connectivity index (χ0n) is 16.6. The lowest BCUT2D eigenvalue weighted by molar-refractivity contribution is 0.100. The van der Waals surface area contributed by atoms with Crippen LogP contribution in [0.1, 0.15) is 42.5 Å². The number of hydrogen-bond donors (Lipinski definition) is 5. The molecule has 1 amide bonds. The summed E-state index contributed by atoms with van der Waals surface area (Å²) in [6.45, 7) is 0.663. The van der Waals surface area contributed by atoms with Gasteiger partial charge in [-0.15, -0.1) is 0 Å². The standard InChI is InChI=1S/C20H26N6O3.H2S/c21-18(28)15-10-23-20(26-19(15)24-12-4-2-1-3-5-12)25-13-6-7-17-16(8-13)22-9-14(27)11-29-17;/h6-8,10,12,14,22,27H,1-5,9,11H2,(H2,21,28)(H2,23,24,25,26);1H2/t14-;/m0./s1. The van der Waals surface area contributed by atoms with Gasteiger partial charge < -0.3 is 31.5 Å². The van der Waals surface area contributed by atoms with Crippen LogP contribution in [0.3, 0.4) is 0 Å². The van der Waals surface area contributed by atoms with Crippen molar-refractivity contribution in [2.45, 2.75) is 44.2 Å². The van der Waals surface area contributed by atoms with Gasteiger partial charge in [-0.25, -0.2) is 4.98 Å². The van der Waals surface area contributed by atoms with Gasteiger partial charge in [0.15, 0.2) is 0 Å². The maximum absolute atomic E-state index is 11.8. The zero-order chi connectivity index (χ0) is 20.2. The Labute approximate surface area is 182 Å². The number of aliphatic hydroxyl groups is 1. The number of β-amino-alcohol motifs (C(OH)–C–C–N with tert-alkyl or cyclic N) is 1. The number of rotatable bonds is 5. The fourth-order valence-electron chi connectivity index (χ4n) is 3.65. The average molecular weight is 433 g/mol. The number of nitrogens with two attached hydrogens (primary N) is 1. The Morgan fingerprint density at radius 1 is 1.27 bits per heavy atom. The lowest BCUT2D eigenvalue weighted by Gasteiger charge is -2.24. The van der Waals surface area contributed by atoms with Crippen LogP contribution in [-0.4, -0.2) is 46.3 Å². The number of carbonyl (C=O) groups is 1. The predicted octanol–water partition coefficient (Wildman–Crippen LogP) is 2.34. The molecule has 1 saturated carbocycles. The Kier molecular flexibility index (Phi) is 7.22. The number of amides is 1. The topological polar surface area (TPSA) is 134 Å². The molecular weight excluding hydrogens is 404 g/mol. The molecular formula is C20H28N6O3S. The summed E-state index contributed by atoms with van der Waals surface area (Å²) < 4.78 is 5.58. The molecule has 30 heavy (non-hydrogen) atoms. The van der Waals surface area contributed by atoms with Crippen LogP contribution in [0.5, 0.6) is 5.75 Å². The highest BCUT2D eigenvalue weighted by Gasteiger charge is 2.19. The van der Waals surface area contributed by atoms with E-state index in [0.29, 0.717) is 24.1 Å². The minimum absolute atomic E-state index is 0. The first-order valence-electron chi connectivity index (χ1n) is 9.97. The van der Waals surface area contributed by atoms with Crippen molar-refractivity contribution in [3.63, 3.8) is 0 Å². The van der Waals surface area contributed by atoms with E-state index in [1.54, 1.807) is 0 Å². The zero-order valence-corrected chi connectivity index (χ0v) is 17.6. The van der Waals surface area contributed by atoms with Gasteiger partial charge in [0.05, 0.1) is 11.3 Å². The summed E-state index contributed by atoms with van der Waals surface area (Å²) in [6, 6.07) is 5.82. The Bertz CT molecular complexity index is 891. The number of benzene rings is 1. The van der Waals surface area contributed by atoms with Gasteiger partial charge in [0, 0.05) is 24.5 Å². The summed E-state index contributed by atoms with van der Waals surface area (Å²) in [6.07, 6.45) is 6.56. The van der Waals surface area contributed by atoms with E-state index in [9.17, 15) is 9.90 Å². The van der Waals surface area contributed by atoms with Gasteiger partial charge in [-0.1, -0.05) is 19.3 Å². The molecule has 4 rings (SSSR count). The minimum atomic E-state index is -0.558. The van der Waals surface area contributed by atoms with Crippen molar-refractivity contribution in [1.82, 2.24) is 9.97 Å². The molecule has 0 saturated heterocycles. The fourth-order valence-corrected chi connectivity index (χ4v) is 3.65. The van der Waals surface area contributed by atoms with Crippen LogP contribution in [-0.2, 0) is 0 Å². The summed E-state index contributed by atoms with van der Waals surface area (Å²) in [4.78, 5) is 20.5. The van der Waals surface area contributed by atoms with E-state index in [1.807, 2.05) is 18.2 Å². The van der Waals surface area contributed by atoms with Crippen LogP contribution in [0.15, 0.2) is 24.4 Å². The SMILES string of the molecule is NC(=O)c1cnc(Nc2ccc3c(c2)NC[C@H](O)CO3)nc1NC1CCCCC1.S. The van der Waals surface area contributed by atoms with Crippen molar-refractivity contribution in [3.05, 3.63) is 30.0 Å². The molecule has 1 aliphatic carbocycles. The second kappa shape index (κ2) is 9.86. The molecule has 1 aromatic heterocycles. The average Bonchev–Trinajstić information content (AvgIpc) is 2.90. The second-order valence-corrected chi connectivity index (χ2v) is 7.48. The molecule has 0 spiro atoms. The molecule has 0 unspecified atom stereocenters. The molecule has 10 heteroatoms. The number of nitrogens with one attached hydrogen (secondary N) is 3. The quantitative estimate of drug-likeness (QED) is 0.486. The number of ether oxygens (including phenoxy) is 1. The van der Waals surface area contributed by atoms with Gasteiger partial charge in [0.25, 0.3) is 5.91 Å². The van der Waals surface area contributed by atoms with E-state index in [4.69, 9.17) is 10.5 Å². The molecule has 0 bridgehead atoms. The number of carbonyl (C=O) groups excluding carboxylic acids is 1. The first kappa shape index (κ1) is 22.0. The molecule has 2 heterocycles. The number of anilines is 4. The molecule has 1 fully saturated rings. The Morgan fingerprint density at radius 2 is 2.07 bits per heavy atom. The Hall–Kier alpha value is -2.72. The third-order valence-corrected chi connectivity index (χ3v) is 5.20. The number of primary amides is 1. The summed E-state index contributed by atoms with van der Waals surface area (Å²) in [5.74, 6) is 0.945. The van der Waals surface area contributed by atoms with E-state index in [2.05, 4.69) is 25.9 Å². The van der Waals surface area contributed by atoms with Crippen molar-refractivity contribution >= 4 is 42.5 Å². The monoisotopic (exact) mass is 432 g/mol. The molecule has 2 aromatic rings. The molecule has 0 radical (unpaired) electrons. The number of nitrogens with zero attached hydrogens (tertiary/aromatic N) is 2. The Balaban J connectivity index is 0.00000256. The van der Waals surface area contributed by atoms with Gasteiger partial charge in [-0.2, -0.15) is 18.5 Å². The van der Waals surface area contributed by atoms with E-state index < -0.39 is 12.0 Å². The maximum atomic E-state index is 11.8. The van der Waals surface area contributed by atoms with E-state index in [-0.39, 0.29) is 31.7 Å². The van der Waals surface area contributed by atoms with Crippen LogP contribution in [0.4, 0.5) is 23.1 Å². The first-order chi connectivity index (χ1) is 14.1. The van der Waals surface area contributed by atoms with Crippen LogP contribution in [0, 0.1) is 0 Å². The van der Waals surface area contributed by atoms with Crippen molar-refractivity contribution in [2.75, 3.05) is 29.1 Å². The predicted molar refractivity (Wildman–Crippen MR) is 121 cm³/mol. The minimum Gasteiger partial charge on any atom is -0.489 e. The smallest absolute Gasteiger partial charge is 0.254 e. The van der Waals surface area contributed by atoms with Crippen molar-refractivity contribution in [2.24, 2.45) is 5.73 Å². The molecule has 1 aromatic carbocycles. The molecule has 9 nitrogen and oxygen atoms in total. The third-order valence-electron chi connectivity index (χ3n) is 5.20. The summed E-state index contributed by atoms with van der Waals surface area (Å²) in [5, 5.41) is 19.4. The number of aliphatic hydroxyl groups excluding tert-OH is 1. The van der Waals surface area contributed by atoms with Gasteiger partial charge in [-0.3, -0.25) is 4.79 Å². The largest absolute Gasteiger partial charge is 0.489 e. The number of hydrogen-bond acceptors (Lipinski definition) is 8. The van der Waals surface area contributed by atoms with Crippen LogP contribution in [0.2, 0.25) is 0 Å². The number of aromatic nitrogens is 2. The Morgan fingerprint density at radius 3 is 2.83 bits per heavy atom. The van der Waals surface area contributed by atoms with E-state index in [1.165, 1.54) is 25.5 Å². The molecule has 1 atom stereocenters. The van der Waals surface area contributed by atoms with Gasteiger partial charge in [-0.05, 0) is 31.0 Å². The third kappa shape index (κ3) is 5.25. The summed E-state index contributed by atoms with van der Waals surface area (Å²) in [5.41, 5.74) is 7.32. The molecule has 162 valence electrons. The molecule has 1 aliphatic heterocycles. The summed E-state index contributed by atoms with van der Waals surface area (Å²) in [7, 11) is 0. The van der Waals surface area contributed by atoms with Gasteiger partial charge in [0.2, 0.25) is 5.95 Å². The van der Waals surface area contributed by atoms with Crippen molar-refractivity contribution in [1.29, 1.82) is 0 Å². The lowest BCUT2D eigenvalue weighted by atomic mass is 9.95. The normalized spacial score (nSPS) is 18.6. The van der Waals surface area contributed by atoms with Crippen LogP contribution < -0.4 is 26.4 Å². The fraction of sp³-hybridized carbons (Fsp3) is 0.450. The maximum Gasteiger partial charge on any atom is 0.254 e. The van der Waals surface area contributed by atoms with Crippen molar-refractivity contribution in [3.8, 4) is 5.75 Å². The molecule has 2 aliphatic rings. The van der Waals surface area contributed by atoms with Gasteiger partial charge in [0.1, 0.15) is 24.3 Å². The second-order valence-electron chi connectivity index (χ2n) is 7.48. The number of fused-ring (bicyclic) bond motifs is 1. The van der Waals surface area contributed by atoms with E-state index >= 15 is 0 Å². The first-order valence-corrected chi connectivity index (χ1v) is 9.97.